The molecule has 20 aromatic rings. The van der Waals surface area contributed by atoms with Crippen LogP contribution in [-0.4, -0.2) is 30.2 Å². The van der Waals surface area contributed by atoms with Crippen molar-refractivity contribution in [1.29, 1.82) is 0 Å². The van der Waals surface area contributed by atoms with Gasteiger partial charge in [0.05, 0.1) is 44.1 Å². The number of thiol groups is 1. The number of para-hydroxylation sites is 2. The van der Waals surface area contributed by atoms with Crippen molar-refractivity contribution in [1.82, 2.24) is 18.3 Å². The Morgan fingerprint density at radius 1 is 0.241 bits per heavy atom. The molecular weight excluding hydrogens is 1830 g/mol. The van der Waals surface area contributed by atoms with E-state index in [1.54, 1.807) is 0 Å². The number of unbranched alkanes of at least 4 members (excludes halogenated alkanes) is 12. The van der Waals surface area contributed by atoms with Gasteiger partial charge < -0.3 is 18.3 Å². The summed E-state index contributed by atoms with van der Waals surface area (Å²) >= 11 is 25.2. The van der Waals surface area contributed by atoms with E-state index in [1.807, 2.05) is 0 Å². The molecule has 0 N–H and O–H groups in total. The van der Waals surface area contributed by atoms with E-state index >= 15 is 0 Å². The minimum absolute atomic E-state index is 0.750. The Bertz CT molecular complexity index is 6990. The zero-order valence-corrected chi connectivity index (χ0v) is 82.7. The van der Waals surface area contributed by atoms with Gasteiger partial charge in [-0.3, -0.25) is 0 Å². The number of nitrogens with zero attached hydrogens (tertiary/aromatic N) is 5. The predicted molar refractivity (Wildman–Crippen MR) is 588 cm³/mol. The number of fused-ring (bicyclic) bond motifs is 12. The molecule has 0 saturated heterocycles. The van der Waals surface area contributed by atoms with Crippen molar-refractivity contribution in [3.63, 3.8) is 0 Å². The van der Waals surface area contributed by atoms with Crippen molar-refractivity contribution in [3.05, 3.63) is 383 Å². The summed E-state index contributed by atoms with van der Waals surface area (Å²) in [5.74, 6) is 0. The van der Waals surface area contributed by atoms with Crippen LogP contribution in [0.15, 0.2) is 365 Å². The predicted octanol–water partition coefficient (Wildman–Crippen LogP) is 37.9. The van der Waals surface area contributed by atoms with Gasteiger partial charge in [-0.1, -0.05) is 378 Å². The van der Waals surface area contributed by atoms with Gasteiger partial charge in [0.2, 0.25) is 0 Å². The van der Waals surface area contributed by atoms with Crippen LogP contribution in [0.1, 0.15) is 153 Å². The minimum atomic E-state index is -0.750. The van der Waals surface area contributed by atoms with Crippen LogP contribution in [0.5, 0.6) is 0 Å². The number of benzene rings is 16. The molecule has 16 aromatic carbocycles. The zero-order valence-electron chi connectivity index (χ0n) is 76.4. The Morgan fingerprint density at radius 3 is 0.677 bits per heavy atom. The molecule has 0 aliphatic carbocycles. The Kier molecular flexibility index (Phi) is 31.5. The third-order valence-corrected chi connectivity index (χ3v) is 27.4. The standard InChI is InChI=1S/C60H54Br2N2.C60H56N2.CHCl3.BHNS/c1-3-5-7-9-15-41-21-29-47(30-22-41)63-57-33-25-43(37-53(57)55-39-45(61)27-35-59(55)63)49-17-11-13-19-51(49)52-20-14-12-18-50(52)44-26-34-58-54(38-44)56-40-46(62)28-36-60(56)64(58)48-31-23-42(24-32-48)16-10-8-6-4-2;1-3-5-7-9-19-43-29-35-47(36-30-43)61-57-27-17-15-25-53(57)55-41-45(33-39-59(55)61)49-21-11-13-23-51(49)52-24-14-12-22-50(52)46-34-40-60-56(42-46)54-26-16-18-28-58(54)62(60)48-37-31-44(32-38-48)20-10-8-6-4-2;2-1(3)4;1-2-3/h11-14,17-40H,3-10,15-16H2,1-2H3;11-18,21-42H,3-10,19-20H2,1-2H3;1H;3H. The van der Waals surface area contributed by atoms with Crippen LogP contribution in [-0.2, 0) is 25.7 Å². The first-order valence-corrected chi connectivity index (χ1v) is 50.9. The van der Waals surface area contributed by atoms with Crippen LogP contribution < -0.4 is 0 Å². The molecule has 20 rings (SSSR count). The topological polar surface area (TPSA) is 32.1 Å². The van der Waals surface area contributed by atoms with Gasteiger partial charge in [-0.2, -0.15) is 0 Å². The third-order valence-electron chi connectivity index (χ3n) is 26.4. The van der Waals surface area contributed by atoms with Crippen LogP contribution in [0.25, 0.3) is 177 Å². The molecule has 0 unspecified atom stereocenters. The van der Waals surface area contributed by atoms with E-state index in [2.05, 4.69) is 454 Å². The van der Waals surface area contributed by atoms with E-state index in [1.165, 1.54) is 302 Å². The summed E-state index contributed by atoms with van der Waals surface area (Å²) in [6.45, 7) is 9.10. The van der Waals surface area contributed by atoms with Crippen LogP contribution >= 0.6 is 79.5 Å². The van der Waals surface area contributed by atoms with Gasteiger partial charge in [-0.05, 0) is 286 Å². The molecule has 0 fully saturated rings. The average Bonchev–Trinajstić information content (AvgIpc) is 1.61. The zero-order chi connectivity index (χ0) is 91.7. The fraction of sp³-hybridized carbons (Fsp3) is 0.207. The molecule has 0 saturated carbocycles. The summed E-state index contributed by atoms with van der Waals surface area (Å²) in [4.78, 5) is 0. The summed E-state index contributed by atoms with van der Waals surface area (Å²) in [6, 6.07) is 132. The summed E-state index contributed by atoms with van der Waals surface area (Å²) in [7, 11) is 4.34. The summed E-state index contributed by atoms with van der Waals surface area (Å²) < 4.78 is 13.8. The van der Waals surface area contributed by atoms with Gasteiger partial charge >= 0.3 is 24.8 Å². The fourth-order valence-electron chi connectivity index (χ4n) is 19.9. The van der Waals surface area contributed by atoms with E-state index in [0.29, 0.717) is 0 Å². The molecule has 4 heterocycles. The maximum atomic E-state index is 4.81. The van der Waals surface area contributed by atoms with E-state index in [-0.39, 0.29) is 0 Å². The van der Waals surface area contributed by atoms with Crippen LogP contribution in [0.4, 0.5) is 0 Å². The van der Waals surface area contributed by atoms with Gasteiger partial charge in [0.1, 0.15) is 0 Å². The number of alkyl halides is 3. The number of hydrogen-bond acceptors (Lipinski definition) is 2. The molecule has 12 heteroatoms. The van der Waals surface area contributed by atoms with Crippen LogP contribution in [0.2, 0.25) is 0 Å². The maximum absolute atomic E-state index is 4.81. The molecule has 665 valence electrons. The number of aryl methyl sites for hydroxylation is 4. The van der Waals surface area contributed by atoms with Crippen molar-refractivity contribution < 1.29 is 0 Å². The third kappa shape index (κ3) is 21.0. The molecule has 133 heavy (non-hydrogen) atoms. The molecule has 0 aliphatic rings. The van der Waals surface area contributed by atoms with Gasteiger partial charge in [-0.25, -0.2) is 0 Å². The monoisotopic (exact) mass is 1940 g/mol. The molecule has 1 radical (unpaired) electrons. The van der Waals surface area contributed by atoms with Gasteiger partial charge in [0.25, 0.3) is 0 Å². The first-order valence-electron chi connectivity index (χ1n) is 47.6. The molecule has 0 amide bonds. The Balaban J connectivity index is 0.000000174. The number of aromatic nitrogens is 4. The molecule has 0 atom stereocenters. The molecule has 0 bridgehead atoms. The quantitative estimate of drug-likeness (QED) is 0.0201. The van der Waals surface area contributed by atoms with Crippen molar-refractivity contribution >= 4 is 174 Å². The molecule has 0 aliphatic heterocycles. The first kappa shape index (κ1) is 93.6. The van der Waals surface area contributed by atoms with E-state index < -0.39 is 4.30 Å². The van der Waals surface area contributed by atoms with Crippen molar-refractivity contribution in [3.8, 4) is 89.5 Å². The molecular formula is C121H112BBr2Cl3N5S. The average molecular weight is 1950 g/mol. The normalized spacial score (nSPS) is 11.5. The Labute approximate surface area is 822 Å². The fourth-order valence-corrected chi connectivity index (χ4v) is 20.6. The van der Waals surface area contributed by atoms with Gasteiger partial charge in [-0.15, -0.1) is 0 Å². The number of hydrogen-bond donors (Lipinski definition) is 1. The molecule has 5 nitrogen and oxygen atoms in total. The van der Waals surface area contributed by atoms with Gasteiger partial charge in [0, 0.05) is 74.8 Å². The van der Waals surface area contributed by atoms with Crippen LogP contribution in [0.3, 0.4) is 0 Å². The molecule has 0 spiro atoms. The summed E-state index contributed by atoms with van der Waals surface area (Å²) in [5, 5.41) is 10.1. The SMILES string of the molecule is CCCCCCc1ccc(-n2c3ccc(Br)cc3c3cc(-c4ccccc4-c4ccccc4-c4ccc5c(c4)c4cc(Br)ccc4n5-c4ccc(CCCCCC)cc4)ccc32)cc1.CCCCCCc1ccc(-n2c3ccccc3c3cc(-c4ccccc4-c4ccccc4-c4ccc5c(c4)c4ccccc4n5-c4ccc(CCCCCC)cc4)ccc32)cc1.ClC(Cl)Cl.[B]=NS. The number of halogens is 5. The second kappa shape index (κ2) is 44.7. The second-order valence-electron chi connectivity index (χ2n) is 35.1. The Morgan fingerprint density at radius 2 is 0.436 bits per heavy atom. The van der Waals surface area contributed by atoms with Crippen LogP contribution in [0, 0.1) is 0 Å². The summed E-state index contributed by atoms with van der Waals surface area (Å²) in [5.41, 5.74) is 34.9. The van der Waals surface area contributed by atoms with Crippen molar-refractivity contribution in [2.45, 2.75) is 160 Å². The van der Waals surface area contributed by atoms with Crippen molar-refractivity contribution in [2.24, 2.45) is 4.30 Å². The number of rotatable bonds is 30. The van der Waals surface area contributed by atoms with E-state index in [0.717, 1.165) is 34.6 Å². The van der Waals surface area contributed by atoms with E-state index in [9.17, 15) is 0 Å². The van der Waals surface area contributed by atoms with Crippen molar-refractivity contribution in [2.75, 3.05) is 0 Å². The summed E-state index contributed by atoms with van der Waals surface area (Å²) in [6.07, 6.45) is 25.1. The second-order valence-corrected chi connectivity index (χ2v) is 39.1. The van der Waals surface area contributed by atoms with E-state index in [4.69, 9.17) is 34.8 Å². The van der Waals surface area contributed by atoms with Gasteiger partial charge in [0.15, 0.2) is 4.30 Å². The first-order chi connectivity index (χ1) is 65.3. The molecule has 4 aromatic heterocycles. The Hall–Kier alpha value is -11.2.